The van der Waals surface area contributed by atoms with E-state index in [-0.39, 0.29) is 23.9 Å². The maximum atomic E-state index is 13.4. The summed E-state index contributed by atoms with van der Waals surface area (Å²) in [5.74, 6) is 0.0476. The Kier molecular flexibility index (Phi) is 9.47. The fourth-order valence-corrected chi connectivity index (χ4v) is 3.85. The predicted molar refractivity (Wildman–Crippen MR) is 142 cm³/mol. The fourth-order valence-electron chi connectivity index (χ4n) is 3.85. The van der Waals surface area contributed by atoms with E-state index in [1.807, 2.05) is 105 Å². The minimum Gasteiger partial charge on any atom is -0.338 e. The highest BCUT2D eigenvalue weighted by Gasteiger charge is 2.22. The van der Waals surface area contributed by atoms with Crippen molar-refractivity contribution in [3.05, 3.63) is 108 Å². The molecule has 0 saturated heterocycles. The van der Waals surface area contributed by atoms with Gasteiger partial charge in [0.1, 0.15) is 0 Å². The molecule has 184 valence electrons. The van der Waals surface area contributed by atoms with E-state index in [0.29, 0.717) is 26.2 Å². The van der Waals surface area contributed by atoms with Crippen molar-refractivity contribution < 1.29 is 9.59 Å². The Bertz CT molecular complexity index is 1050. The van der Waals surface area contributed by atoms with E-state index in [2.05, 4.69) is 17.4 Å². The third-order valence-corrected chi connectivity index (χ3v) is 5.66. The van der Waals surface area contributed by atoms with Gasteiger partial charge in [0.25, 0.3) is 0 Å². The van der Waals surface area contributed by atoms with Gasteiger partial charge < -0.3 is 15.1 Å². The average molecular weight is 472 g/mol. The summed E-state index contributed by atoms with van der Waals surface area (Å²) in [5, 5.41) is 3.04. The zero-order chi connectivity index (χ0) is 25.1. The van der Waals surface area contributed by atoms with Crippen LogP contribution in [0.4, 0.5) is 4.79 Å². The van der Waals surface area contributed by atoms with E-state index in [9.17, 15) is 9.59 Å². The first-order chi connectivity index (χ1) is 16.8. The van der Waals surface area contributed by atoms with Gasteiger partial charge in [-0.2, -0.15) is 0 Å². The van der Waals surface area contributed by atoms with Gasteiger partial charge in [0.15, 0.2) is 0 Å². The van der Waals surface area contributed by atoms with Crippen LogP contribution in [0.3, 0.4) is 0 Å². The predicted octanol–water partition coefficient (Wildman–Crippen LogP) is 5.66. The monoisotopic (exact) mass is 471 g/mol. The van der Waals surface area contributed by atoms with Crippen molar-refractivity contribution >= 4 is 11.9 Å². The summed E-state index contributed by atoms with van der Waals surface area (Å²) in [7, 11) is 0. The van der Waals surface area contributed by atoms with E-state index in [4.69, 9.17) is 0 Å². The average Bonchev–Trinajstić information content (AvgIpc) is 2.85. The third-order valence-electron chi connectivity index (χ3n) is 5.66. The lowest BCUT2D eigenvalue weighted by Crippen LogP contribution is -2.49. The van der Waals surface area contributed by atoms with Gasteiger partial charge in [0, 0.05) is 38.1 Å². The molecule has 3 aromatic carbocycles. The van der Waals surface area contributed by atoms with Crippen LogP contribution in [0.5, 0.6) is 0 Å². The highest BCUT2D eigenvalue weighted by atomic mass is 16.2. The van der Waals surface area contributed by atoms with Gasteiger partial charge in [-0.1, -0.05) is 91.0 Å². The van der Waals surface area contributed by atoms with Crippen molar-refractivity contribution in [3.8, 4) is 0 Å². The van der Waals surface area contributed by atoms with Crippen LogP contribution in [0.15, 0.2) is 91.0 Å². The number of nitrogens with zero attached hydrogens (tertiary/aromatic N) is 2. The first-order valence-electron chi connectivity index (χ1n) is 12.3. The van der Waals surface area contributed by atoms with Crippen LogP contribution in [-0.2, 0) is 24.3 Å². The van der Waals surface area contributed by atoms with Crippen molar-refractivity contribution in [2.75, 3.05) is 13.1 Å². The summed E-state index contributed by atoms with van der Waals surface area (Å²) in [6.45, 7) is 7.88. The zero-order valence-electron chi connectivity index (χ0n) is 21.1. The highest BCUT2D eigenvalue weighted by Crippen LogP contribution is 2.12. The number of carbonyl (C=O) groups excluding carboxylic acids is 2. The quantitative estimate of drug-likeness (QED) is 0.415. The van der Waals surface area contributed by atoms with Gasteiger partial charge in [0.05, 0.1) is 0 Å². The van der Waals surface area contributed by atoms with E-state index in [0.717, 1.165) is 17.5 Å². The van der Waals surface area contributed by atoms with E-state index < -0.39 is 0 Å². The smallest absolute Gasteiger partial charge is 0.318 e. The van der Waals surface area contributed by atoms with E-state index >= 15 is 0 Å². The molecule has 0 aliphatic rings. The molecule has 35 heavy (non-hydrogen) atoms. The standard InChI is InChI=1S/C30H37N3O2/c1-30(2,3)31-29(35)33(24-27-17-11-6-12-18-27)22-20-28(34)32(23-26-15-9-5-10-16-26)21-19-25-13-7-4-8-14-25/h4-18H,19-24H2,1-3H3,(H,31,35). The topological polar surface area (TPSA) is 52.7 Å². The van der Waals surface area contributed by atoms with E-state index in [1.165, 1.54) is 5.56 Å². The minimum absolute atomic E-state index is 0.0476. The van der Waals surface area contributed by atoms with Crippen molar-refractivity contribution in [1.82, 2.24) is 15.1 Å². The van der Waals surface area contributed by atoms with Crippen molar-refractivity contribution in [2.45, 2.75) is 52.2 Å². The van der Waals surface area contributed by atoms with E-state index in [1.54, 1.807) is 4.90 Å². The Morgan fingerprint density at radius 1 is 0.657 bits per heavy atom. The second-order valence-corrected chi connectivity index (χ2v) is 9.87. The number of hydrogen-bond acceptors (Lipinski definition) is 2. The Hall–Kier alpha value is -3.60. The molecule has 0 saturated carbocycles. The molecule has 0 heterocycles. The molecule has 0 fully saturated rings. The normalized spacial score (nSPS) is 11.1. The largest absolute Gasteiger partial charge is 0.338 e. The van der Waals surface area contributed by atoms with Crippen molar-refractivity contribution in [2.24, 2.45) is 0 Å². The summed E-state index contributed by atoms with van der Waals surface area (Å²) < 4.78 is 0. The third kappa shape index (κ3) is 9.28. The van der Waals surface area contributed by atoms with Gasteiger partial charge in [-0.15, -0.1) is 0 Å². The first-order valence-corrected chi connectivity index (χ1v) is 12.3. The van der Waals surface area contributed by atoms with Crippen LogP contribution in [0.25, 0.3) is 0 Å². The highest BCUT2D eigenvalue weighted by molar-refractivity contribution is 5.78. The Morgan fingerprint density at radius 2 is 1.11 bits per heavy atom. The lowest BCUT2D eigenvalue weighted by Gasteiger charge is -2.29. The lowest BCUT2D eigenvalue weighted by molar-refractivity contribution is -0.132. The molecule has 3 aromatic rings. The SMILES string of the molecule is CC(C)(C)NC(=O)N(CCC(=O)N(CCc1ccccc1)Cc1ccccc1)Cc1ccccc1. The number of carbonyl (C=O) groups is 2. The number of urea groups is 1. The first kappa shape index (κ1) is 26.0. The molecule has 5 nitrogen and oxygen atoms in total. The summed E-state index contributed by atoms with van der Waals surface area (Å²) in [4.78, 5) is 30.1. The lowest BCUT2D eigenvalue weighted by atomic mass is 10.1. The van der Waals surface area contributed by atoms with Crippen molar-refractivity contribution in [1.29, 1.82) is 0 Å². The van der Waals surface area contributed by atoms with Gasteiger partial charge in [-0.25, -0.2) is 4.79 Å². The molecular weight excluding hydrogens is 434 g/mol. The van der Waals surface area contributed by atoms with Crippen molar-refractivity contribution in [3.63, 3.8) is 0 Å². The second-order valence-electron chi connectivity index (χ2n) is 9.87. The van der Waals surface area contributed by atoms with Crippen LogP contribution in [0, 0.1) is 0 Å². The van der Waals surface area contributed by atoms with Gasteiger partial charge >= 0.3 is 6.03 Å². The second kappa shape index (κ2) is 12.7. The summed E-state index contributed by atoms with van der Waals surface area (Å²) >= 11 is 0. The molecule has 5 heteroatoms. The summed E-state index contributed by atoms with van der Waals surface area (Å²) in [6, 6.07) is 30.0. The zero-order valence-corrected chi connectivity index (χ0v) is 21.1. The summed E-state index contributed by atoms with van der Waals surface area (Å²) in [6.07, 6.45) is 1.06. The van der Waals surface area contributed by atoms with Gasteiger partial charge in [0.2, 0.25) is 5.91 Å². The van der Waals surface area contributed by atoms with Crippen LogP contribution >= 0.6 is 0 Å². The van der Waals surface area contributed by atoms with Crippen LogP contribution in [0.1, 0.15) is 43.9 Å². The van der Waals surface area contributed by atoms with Gasteiger partial charge in [-0.05, 0) is 43.9 Å². The Labute approximate surface area is 209 Å². The molecule has 0 unspecified atom stereocenters. The molecule has 0 radical (unpaired) electrons. The molecule has 3 rings (SSSR count). The molecule has 0 bridgehead atoms. The van der Waals surface area contributed by atoms with Crippen LogP contribution in [0.2, 0.25) is 0 Å². The minimum atomic E-state index is -0.356. The molecule has 1 N–H and O–H groups in total. The number of nitrogens with one attached hydrogen (secondary N) is 1. The number of benzene rings is 3. The van der Waals surface area contributed by atoms with Gasteiger partial charge in [-0.3, -0.25) is 4.79 Å². The maximum Gasteiger partial charge on any atom is 0.318 e. The molecule has 0 aliphatic heterocycles. The maximum absolute atomic E-state index is 13.4. The molecule has 3 amide bonds. The molecule has 0 aliphatic carbocycles. The van der Waals surface area contributed by atoms with Crippen LogP contribution < -0.4 is 5.32 Å². The number of hydrogen-bond donors (Lipinski definition) is 1. The summed E-state index contributed by atoms with van der Waals surface area (Å²) in [5.41, 5.74) is 2.98. The van der Waals surface area contributed by atoms with Crippen LogP contribution in [-0.4, -0.2) is 40.4 Å². The molecule has 0 aromatic heterocycles. The fraction of sp³-hybridized carbons (Fsp3) is 0.333. The molecule has 0 atom stereocenters. The molecular formula is C30H37N3O2. The number of amides is 3. The number of rotatable bonds is 10. The Morgan fingerprint density at radius 3 is 1.60 bits per heavy atom. The Balaban J connectivity index is 1.69. The molecule has 0 spiro atoms.